The first-order chi connectivity index (χ1) is 15.5. The van der Waals surface area contributed by atoms with Crippen LogP contribution in [-0.4, -0.2) is 58.7 Å². The molecule has 0 aromatic rings. The highest BCUT2D eigenvalue weighted by molar-refractivity contribution is 6.45. The minimum absolute atomic E-state index is 0.107. The van der Waals surface area contributed by atoms with E-state index in [0.29, 0.717) is 19.2 Å². The Morgan fingerprint density at radius 2 is 1.82 bits per heavy atom. The molecule has 3 aliphatic rings. The van der Waals surface area contributed by atoms with Crippen molar-refractivity contribution >= 4 is 24.9 Å². The van der Waals surface area contributed by atoms with Crippen LogP contribution in [-0.2, 0) is 23.6 Å². The van der Waals surface area contributed by atoms with Crippen LogP contribution in [0.2, 0.25) is 6.32 Å². The first kappa shape index (κ1) is 26.5. The van der Waals surface area contributed by atoms with E-state index in [1.54, 1.807) is 20.8 Å². The first-order valence-corrected chi connectivity index (χ1v) is 12.0. The van der Waals surface area contributed by atoms with E-state index >= 15 is 0 Å². The smallest absolute Gasteiger partial charge is 0.443 e. The average molecular weight is 476 g/mol. The third-order valence-corrected chi connectivity index (χ3v) is 7.86. The van der Waals surface area contributed by atoms with E-state index in [9.17, 15) is 19.9 Å². The summed E-state index contributed by atoms with van der Waals surface area (Å²) < 4.78 is 17.6. The minimum atomic E-state index is -1.30. The Bertz CT molecular complexity index is 890. The van der Waals surface area contributed by atoms with Gasteiger partial charge in [-0.25, -0.2) is 9.69 Å². The van der Waals surface area contributed by atoms with Crippen LogP contribution in [0.1, 0.15) is 74.7 Å². The average Bonchev–Trinajstić information content (AvgIpc) is 3.22. The lowest BCUT2D eigenvalue weighted by Crippen LogP contribution is -2.44. The van der Waals surface area contributed by atoms with E-state index in [-0.39, 0.29) is 43.6 Å². The molecule has 11 heteroatoms. The molecule has 3 rings (SSSR count). The molecule has 0 spiro atoms. The summed E-state index contributed by atoms with van der Waals surface area (Å²) in [6.07, 6.45) is 1.23. The number of fused-ring (bicyclic) bond motifs is 1. The Balaban J connectivity index is 1.78. The standard InChI is InChI=1S/C23H37BN4O6/c1-14(29)23(26-27-25)12-15-16(13-28(18(15)30)19(31)32-20(2,3)4)17(23)10-9-11-24-33-21(5,6)22(7,8)34-24/h15-17H,9-13H2,1-8H3/t15-,16-,17+,23-/m1/s1. The van der Waals surface area contributed by atoms with Gasteiger partial charge in [0.25, 0.3) is 0 Å². The molecule has 3 fully saturated rings. The van der Waals surface area contributed by atoms with E-state index in [1.807, 2.05) is 27.7 Å². The maximum absolute atomic E-state index is 13.1. The van der Waals surface area contributed by atoms with Gasteiger partial charge in [0.05, 0.1) is 11.2 Å². The van der Waals surface area contributed by atoms with Crippen molar-refractivity contribution in [2.24, 2.45) is 22.9 Å². The molecule has 1 saturated carbocycles. The van der Waals surface area contributed by atoms with Crippen LogP contribution in [0.15, 0.2) is 5.11 Å². The topological polar surface area (TPSA) is 131 Å². The van der Waals surface area contributed by atoms with E-state index in [0.717, 1.165) is 4.90 Å². The van der Waals surface area contributed by atoms with E-state index < -0.39 is 34.4 Å². The third-order valence-electron chi connectivity index (χ3n) is 7.86. The molecule has 0 aromatic heterocycles. The second-order valence-electron chi connectivity index (χ2n) is 11.8. The molecule has 0 N–H and O–H groups in total. The quantitative estimate of drug-likeness (QED) is 0.240. The molecule has 4 atom stereocenters. The number of carbonyl (C=O) groups excluding carboxylic acids is 3. The Kier molecular flexibility index (Phi) is 6.89. The van der Waals surface area contributed by atoms with Gasteiger partial charge in [0.15, 0.2) is 0 Å². The number of hydrogen-bond donors (Lipinski definition) is 0. The number of amides is 2. The summed E-state index contributed by atoms with van der Waals surface area (Å²) in [7, 11) is -0.378. The summed E-state index contributed by atoms with van der Waals surface area (Å²) in [6, 6.07) is 0. The van der Waals surface area contributed by atoms with Gasteiger partial charge in [0.1, 0.15) is 16.9 Å². The molecule has 2 saturated heterocycles. The number of nitrogens with zero attached hydrogens (tertiary/aromatic N) is 4. The number of ketones is 1. The van der Waals surface area contributed by atoms with Crippen LogP contribution in [0, 0.1) is 17.8 Å². The third kappa shape index (κ3) is 4.70. The van der Waals surface area contributed by atoms with Gasteiger partial charge in [0.2, 0.25) is 5.91 Å². The number of imide groups is 1. The van der Waals surface area contributed by atoms with Gasteiger partial charge in [-0.05, 0) is 91.9 Å². The zero-order valence-corrected chi connectivity index (χ0v) is 21.6. The van der Waals surface area contributed by atoms with Gasteiger partial charge in [0, 0.05) is 17.4 Å². The van der Waals surface area contributed by atoms with Gasteiger partial charge < -0.3 is 14.0 Å². The SMILES string of the molecule is CC(=O)[C@]1(N=[N+]=[N-])C[C@H]2C(=O)N(C(=O)OC(C)(C)C)C[C@H]2[C@@H]1CCCB1OC(C)(C)C(C)(C)O1. The molecule has 0 bridgehead atoms. The van der Waals surface area contributed by atoms with E-state index in [1.165, 1.54) is 6.92 Å². The summed E-state index contributed by atoms with van der Waals surface area (Å²) in [6.45, 7) is 14.8. The molecule has 0 unspecified atom stereocenters. The van der Waals surface area contributed by atoms with Crippen molar-refractivity contribution in [3.63, 3.8) is 0 Å². The number of hydrogen-bond acceptors (Lipinski definition) is 7. The van der Waals surface area contributed by atoms with Crippen molar-refractivity contribution in [3.8, 4) is 0 Å². The number of rotatable bonds is 6. The van der Waals surface area contributed by atoms with Gasteiger partial charge in [-0.1, -0.05) is 11.5 Å². The summed E-state index contributed by atoms with van der Waals surface area (Å²) in [5, 5.41) is 3.96. The number of Topliss-reactive ketones (excluding diaryl/α,β-unsaturated/α-hetero) is 1. The number of likely N-dealkylation sites (tertiary alicyclic amines) is 1. The Morgan fingerprint density at radius 1 is 1.24 bits per heavy atom. The van der Waals surface area contributed by atoms with Gasteiger partial charge in [-0.15, -0.1) is 0 Å². The van der Waals surface area contributed by atoms with Crippen LogP contribution in [0.4, 0.5) is 4.79 Å². The lowest BCUT2D eigenvalue weighted by molar-refractivity contribution is -0.130. The van der Waals surface area contributed by atoms with Crippen LogP contribution >= 0.6 is 0 Å². The van der Waals surface area contributed by atoms with Crippen LogP contribution in [0.25, 0.3) is 10.4 Å². The predicted molar refractivity (Wildman–Crippen MR) is 126 cm³/mol. The first-order valence-electron chi connectivity index (χ1n) is 12.0. The number of carbonyl (C=O) groups is 3. The van der Waals surface area contributed by atoms with Gasteiger partial charge in [-0.3, -0.25) is 9.59 Å². The zero-order chi connectivity index (χ0) is 25.7. The molecule has 188 valence electrons. The summed E-state index contributed by atoms with van der Waals surface area (Å²) in [5.74, 6) is -1.84. The van der Waals surface area contributed by atoms with Crippen molar-refractivity contribution in [1.29, 1.82) is 0 Å². The highest BCUT2D eigenvalue weighted by Gasteiger charge is 2.62. The normalized spacial score (nSPS) is 31.9. The Hall–Kier alpha value is -2.10. The maximum Gasteiger partial charge on any atom is 0.457 e. The lowest BCUT2D eigenvalue weighted by Gasteiger charge is -2.32. The molecular formula is C23H37BN4O6. The van der Waals surface area contributed by atoms with Crippen molar-refractivity contribution in [1.82, 2.24) is 4.90 Å². The highest BCUT2D eigenvalue weighted by atomic mass is 16.7. The largest absolute Gasteiger partial charge is 0.457 e. The van der Waals surface area contributed by atoms with Crippen molar-refractivity contribution in [3.05, 3.63) is 10.4 Å². The maximum atomic E-state index is 13.1. The fourth-order valence-electron chi connectivity index (χ4n) is 5.49. The second-order valence-corrected chi connectivity index (χ2v) is 11.8. The fraction of sp³-hybridized carbons (Fsp3) is 0.870. The van der Waals surface area contributed by atoms with E-state index in [2.05, 4.69) is 10.0 Å². The van der Waals surface area contributed by atoms with Crippen LogP contribution in [0.3, 0.4) is 0 Å². The molecule has 10 nitrogen and oxygen atoms in total. The fourth-order valence-corrected chi connectivity index (χ4v) is 5.49. The number of azide groups is 1. The summed E-state index contributed by atoms with van der Waals surface area (Å²) in [5.41, 5.74) is 6.37. The number of ether oxygens (including phenoxy) is 1. The lowest BCUT2D eigenvalue weighted by atomic mass is 9.74. The van der Waals surface area contributed by atoms with E-state index in [4.69, 9.17) is 14.0 Å². The molecule has 34 heavy (non-hydrogen) atoms. The molecular weight excluding hydrogens is 439 g/mol. The van der Waals surface area contributed by atoms with Crippen LogP contribution < -0.4 is 0 Å². The molecule has 2 heterocycles. The summed E-state index contributed by atoms with van der Waals surface area (Å²) in [4.78, 5) is 42.7. The molecule has 2 amide bonds. The molecule has 0 radical (unpaired) electrons. The molecule has 1 aliphatic carbocycles. The minimum Gasteiger partial charge on any atom is -0.443 e. The summed E-state index contributed by atoms with van der Waals surface area (Å²) >= 11 is 0. The van der Waals surface area contributed by atoms with Crippen molar-refractivity contribution in [2.45, 2.75) is 103 Å². The molecule has 0 aromatic carbocycles. The molecule has 2 aliphatic heterocycles. The zero-order valence-electron chi connectivity index (χ0n) is 21.6. The second kappa shape index (κ2) is 8.84. The van der Waals surface area contributed by atoms with Crippen molar-refractivity contribution < 1.29 is 28.4 Å². The highest BCUT2D eigenvalue weighted by Crippen LogP contribution is 2.53. The van der Waals surface area contributed by atoms with Gasteiger partial charge >= 0.3 is 13.2 Å². The Labute approximate surface area is 201 Å². The monoisotopic (exact) mass is 476 g/mol. The predicted octanol–water partition coefficient (Wildman–Crippen LogP) is 4.53. The Morgan fingerprint density at radius 3 is 2.32 bits per heavy atom. The van der Waals surface area contributed by atoms with Crippen molar-refractivity contribution in [2.75, 3.05) is 6.54 Å². The van der Waals surface area contributed by atoms with Crippen LogP contribution in [0.5, 0.6) is 0 Å². The van der Waals surface area contributed by atoms with Gasteiger partial charge in [-0.2, -0.15) is 0 Å².